The lowest BCUT2D eigenvalue weighted by atomic mass is 10.1. The SMILES string of the molecule is CN(C)CCCCCCC(=O)N(O)CCC(=O)OC(C)(C)C. The van der Waals surface area contributed by atoms with E-state index < -0.39 is 11.6 Å². The first-order valence-corrected chi connectivity index (χ1v) is 7.97. The molecule has 0 saturated heterocycles. The predicted octanol–water partition coefficient (Wildman–Crippen LogP) is 2.45. The lowest BCUT2D eigenvalue weighted by Crippen LogP contribution is -2.31. The molecule has 130 valence electrons. The zero-order valence-corrected chi connectivity index (χ0v) is 14.7. The number of hydroxylamine groups is 2. The average Bonchev–Trinajstić information content (AvgIpc) is 2.37. The summed E-state index contributed by atoms with van der Waals surface area (Å²) in [7, 11) is 4.08. The van der Waals surface area contributed by atoms with E-state index in [0.29, 0.717) is 11.5 Å². The van der Waals surface area contributed by atoms with Gasteiger partial charge >= 0.3 is 5.97 Å². The number of carbonyl (C=O) groups excluding carboxylic acids is 2. The Morgan fingerprint density at radius 1 is 0.955 bits per heavy atom. The maximum absolute atomic E-state index is 11.7. The minimum Gasteiger partial charge on any atom is -0.460 e. The normalized spacial score (nSPS) is 11.6. The zero-order valence-electron chi connectivity index (χ0n) is 14.7. The van der Waals surface area contributed by atoms with Crippen molar-refractivity contribution in [1.29, 1.82) is 0 Å². The van der Waals surface area contributed by atoms with E-state index in [0.717, 1.165) is 32.2 Å². The molecule has 0 spiro atoms. The summed E-state index contributed by atoms with van der Waals surface area (Å²) in [5.41, 5.74) is -0.548. The highest BCUT2D eigenvalue weighted by atomic mass is 16.6. The van der Waals surface area contributed by atoms with Crippen molar-refractivity contribution in [3.63, 3.8) is 0 Å². The molecule has 0 saturated carbocycles. The lowest BCUT2D eigenvalue weighted by Gasteiger charge is -2.20. The van der Waals surface area contributed by atoms with E-state index in [4.69, 9.17) is 4.74 Å². The summed E-state index contributed by atoms with van der Waals surface area (Å²) in [6, 6.07) is 0. The fourth-order valence-corrected chi connectivity index (χ4v) is 1.90. The molecule has 0 aliphatic heterocycles. The van der Waals surface area contributed by atoms with Crippen LogP contribution in [-0.4, -0.2) is 59.8 Å². The first-order valence-electron chi connectivity index (χ1n) is 7.97. The second kappa shape index (κ2) is 10.6. The monoisotopic (exact) mass is 316 g/mol. The van der Waals surface area contributed by atoms with Gasteiger partial charge < -0.3 is 9.64 Å². The molecule has 0 fully saturated rings. The second-order valence-electron chi connectivity index (χ2n) is 6.82. The average molecular weight is 316 g/mol. The summed E-state index contributed by atoms with van der Waals surface area (Å²) in [4.78, 5) is 25.3. The van der Waals surface area contributed by atoms with Crippen LogP contribution in [0.2, 0.25) is 0 Å². The molecule has 0 radical (unpaired) electrons. The Hall–Kier alpha value is -1.14. The van der Waals surface area contributed by atoms with E-state index >= 15 is 0 Å². The van der Waals surface area contributed by atoms with Crippen molar-refractivity contribution in [2.75, 3.05) is 27.2 Å². The minimum absolute atomic E-state index is 0.00233. The van der Waals surface area contributed by atoms with Crippen molar-refractivity contribution in [3.05, 3.63) is 0 Å². The number of carbonyl (C=O) groups is 2. The van der Waals surface area contributed by atoms with Crippen LogP contribution in [0.4, 0.5) is 0 Å². The number of amides is 1. The van der Waals surface area contributed by atoms with Gasteiger partial charge in [-0.3, -0.25) is 14.8 Å². The van der Waals surface area contributed by atoms with Crippen molar-refractivity contribution in [1.82, 2.24) is 9.96 Å². The number of hydrogen-bond donors (Lipinski definition) is 1. The maximum Gasteiger partial charge on any atom is 0.308 e. The first kappa shape index (κ1) is 20.9. The summed E-state index contributed by atoms with van der Waals surface area (Å²) in [5, 5.41) is 10.2. The van der Waals surface area contributed by atoms with Gasteiger partial charge in [0, 0.05) is 6.42 Å². The third-order valence-corrected chi connectivity index (χ3v) is 2.98. The van der Waals surface area contributed by atoms with Crippen molar-refractivity contribution in [3.8, 4) is 0 Å². The van der Waals surface area contributed by atoms with Crippen LogP contribution in [0.15, 0.2) is 0 Å². The van der Waals surface area contributed by atoms with Crippen LogP contribution < -0.4 is 0 Å². The Labute approximate surface area is 134 Å². The summed E-state index contributed by atoms with van der Waals surface area (Å²) in [5.74, 6) is -0.751. The molecule has 0 aliphatic rings. The highest BCUT2D eigenvalue weighted by Crippen LogP contribution is 2.09. The zero-order chi connectivity index (χ0) is 17.2. The highest BCUT2D eigenvalue weighted by Gasteiger charge is 2.18. The molecular formula is C16H32N2O4. The molecule has 0 unspecified atom stereocenters. The highest BCUT2D eigenvalue weighted by molar-refractivity contribution is 5.76. The molecular weight excluding hydrogens is 284 g/mol. The molecule has 0 heterocycles. The van der Waals surface area contributed by atoms with Crippen LogP contribution in [0.1, 0.15) is 59.3 Å². The fraction of sp³-hybridized carbons (Fsp3) is 0.875. The molecule has 0 atom stereocenters. The Balaban J connectivity index is 3.73. The number of ether oxygens (including phenoxy) is 1. The van der Waals surface area contributed by atoms with Gasteiger partial charge in [0.05, 0.1) is 13.0 Å². The van der Waals surface area contributed by atoms with Gasteiger partial charge in [0.25, 0.3) is 0 Å². The van der Waals surface area contributed by atoms with Gasteiger partial charge in [-0.05, 0) is 54.3 Å². The number of hydrogen-bond acceptors (Lipinski definition) is 5. The maximum atomic E-state index is 11.7. The summed E-state index contributed by atoms with van der Waals surface area (Å²) in [6.45, 7) is 6.37. The Morgan fingerprint density at radius 3 is 2.09 bits per heavy atom. The smallest absolute Gasteiger partial charge is 0.308 e. The predicted molar refractivity (Wildman–Crippen MR) is 85.6 cm³/mol. The van der Waals surface area contributed by atoms with Gasteiger partial charge in [-0.2, -0.15) is 0 Å². The fourth-order valence-electron chi connectivity index (χ4n) is 1.90. The molecule has 6 heteroatoms. The van der Waals surface area contributed by atoms with E-state index in [2.05, 4.69) is 4.90 Å². The van der Waals surface area contributed by atoms with Crippen molar-refractivity contribution < 1.29 is 19.5 Å². The standard InChI is InChI=1S/C16H32N2O4/c1-16(2,3)22-15(20)11-13-18(21)14(19)10-8-6-7-9-12-17(4)5/h21H,6-13H2,1-5H3. The second-order valence-corrected chi connectivity index (χ2v) is 6.82. The lowest BCUT2D eigenvalue weighted by molar-refractivity contribution is -0.170. The molecule has 0 aromatic rings. The number of rotatable bonds is 10. The van der Waals surface area contributed by atoms with Gasteiger partial charge in [0.15, 0.2) is 0 Å². The van der Waals surface area contributed by atoms with E-state index in [1.165, 1.54) is 0 Å². The van der Waals surface area contributed by atoms with Crippen molar-refractivity contribution in [2.45, 2.75) is 64.9 Å². The third kappa shape index (κ3) is 12.6. The van der Waals surface area contributed by atoms with Crippen LogP contribution >= 0.6 is 0 Å². The van der Waals surface area contributed by atoms with Crippen LogP contribution in [-0.2, 0) is 14.3 Å². The summed E-state index contributed by atoms with van der Waals surface area (Å²) in [6.07, 6.45) is 4.24. The van der Waals surface area contributed by atoms with Gasteiger partial charge in [0.1, 0.15) is 5.60 Å². The molecule has 0 aromatic heterocycles. The van der Waals surface area contributed by atoms with Crippen LogP contribution in [0.3, 0.4) is 0 Å². The quantitative estimate of drug-likeness (QED) is 0.290. The van der Waals surface area contributed by atoms with Gasteiger partial charge in [-0.25, -0.2) is 5.06 Å². The third-order valence-electron chi connectivity index (χ3n) is 2.98. The van der Waals surface area contributed by atoms with Crippen LogP contribution in [0.5, 0.6) is 0 Å². The van der Waals surface area contributed by atoms with Gasteiger partial charge in [-0.1, -0.05) is 12.8 Å². The molecule has 6 nitrogen and oxygen atoms in total. The topological polar surface area (TPSA) is 70.1 Å². The Morgan fingerprint density at radius 2 is 1.55 bits per heavy atom. The molecule has 0 aliphatic carbocycles. The van der Waals surface area contributed by atoms with Gasteiger partial charge in [-0.15, -0.1) is 0 Å². The number of esters is 1. The van der Waals surface area contributed by atoms with Crippen LogP contribution in [0, 0.1) is 0 Å². The van der Waals surface area contributed by atoms with E-state index in [-0.39, 0.29) is 18.9 Å². The van der Waals surface area contributed by atoms with Crippen molar-refractivity contribution >= 4 is 11.9 Å². The molecule has 0 rings (SSSR count). The molecule has 1 N–H and O–H groups in total. The number of unbranched alkanes of at least 4 members (excludes halogenated alkanes) is 3. The van der Waals surface area contributed by atoms with E-state index in [9.17, 15) is 14.8 Å². The van der Waals surface area contributed by atoms with Crippen molar-refractivity contribution in [2.24, 2.45) is 0 Å². The Kier molecular flexibility index (Phi) is 10.0. The summed E-state index contributed by atoms with van der Waals surface area (Å²) < 4.78 is 5.12. The minimum atomic E-state index is -0.548. The summed E-state index contributed by atoms with van der Waals surface area (Å²) >= 11 is 0. The van der Waals surface area contributed by atoms with E-state index in [1.54, 1.807) is 20.8 Å². The molecule has 0 bridgehead atoms. The molecule has 0 aromatic carbocycles. The van der Waals surface area contributed by atoms with E-state index in [1.807, 2.05) is 14.1 Å². The first-order chi connectivity index (χ1) is 10.1. The number of nitrogens with zero attached hydrogens (tertiary/aromatic N) is 2. The largest absolute Gasteiger partial charge is 0.460 e. The Bertz CT molecular complexity index is 338. The molecule has 1 amide bonds. The van der Waals surface area contributed by atoms with Crippen LogP contribution in [0.25, 0.3) is 0 Å². The molecule has 22 heavy (non-hydrogen) atoms. The van der Waals surface area contributed by atoms with Gasteiger partial charge in [0.2, 0.25) is 5.91 Å².